The molecular formula is C10H18N2. The predicted molar refractivity (Wildman–Crippen MR) is 55.1 cm³/mol. The zero-order valence-electron chi connectivity index (χ0n) is 8.17. The summed E-state index contributed by atoms with van der Waals surface area (Å²) < 4.78 is 0. The number of nitrogens with zero attached hydrogens (tertiary/aromatic N) is 1. The largest absolute Gasteiger partial charge is 0.387 e. The Bertz CT molecular complexity index is 200. The lowest BCUT2D eigenvalue weighted by Crippen LogP contribution is -2.09. The second-order valence-corrected chi connectivity index (χ2v) is 2.48. The second-order valence-electron chi connectivity index (χ2n) is 2.48. The summed E-state index contributed by atoms with van der Waals surface area (Å²) in [5.74, 6) is 0.684. The molecule has 0 heterocycles. The number of nitrogens with two attached hydrogens (primary N) is 1. The first kappa shape index (κ1) is 11.0. The molecule has 0 aliphatic heterocycles. The van der Waals surface area contributed by atoms with Crippen molar-refractivity contribution >= 4 is 5.84 Å². The SMILES string of the molecule is C/C=C(\C=C/CC)N=C(N)CC. The average molecular weight is 166 g/mol. The molecule has 2 heteroatoms. The molecule has 0 atom stereocenters. The van der Waals surface area contributed by atoms with E-state index in [0.29, 0.717) is 5.84 Å². The van der Waals surface area contributed by atoms with Gasteiger partial charge in [-0.3, -0.25) is 0 Å². The first-order chi connectivity index (χ1) is 5.74. The zero-order valence-corrected chi connectivity index (χ0v) is 8.17. The minimum Gasteiger partial charge on any atom is -0.387 e. The summed E-state index contributed by atoms with van der Waals surface area (Å²) in [6.07, 6.45) is 7.84. The molecular weight excluding hydrogens is 148 g/mol. The Hall–Kier alpha value is -1.05. The lowest BCUT2D eigenvalue weighted by Gasteiger charge is -1.95. The number of hydrogen-bond acceptors (Lipinski definition) is 1. The van der Waals surface area contributed by atoms with Crippen molar-refractivity contribution in [1.82, 2.24) is 0 Å². The molecule has 68 valence electrons. The van der Waals surface area contributed by atoms with Crippen LogP contribution in [0.1, 0.15) is 33.6 Å². The maximum Gasteiger partial charge on any atom is 0.0993 e. The third kappa shape index (κ3) is 4.72. The van der Waals surface area contributed by atoms with E-state index in [2.05, 4.69) is 18.0 Å². The van der Waals surface area contributed by atoms with E-state index in [1.54, 1.807) is 0 Å². The summed E-state index contributed by atoms with van der Waals surface area (Å²) in [6, 6.07) is 0. The van der Waals surface area contributed by atoms with Crippen molar-refractivity contribution in [3.05, 3.63) is 23.9 Å². The van der Waals surface area contributed by atoms with Gasteiger partial charge in [0, 0.05) is 6.42 Å². The Morgan fingerprint density at radius 3 is 2.50 bits per heavy atom. The molecule has 0 spiro atoms. The molecule has 12 heavy (non-hydrogen) atoms. The Labute approximate surface area is 74.9 Å². The van der Waals surface area contributed by atoms with Gasteiger partial charge in [-0.25, -0.2) is 4.99 Å². The quantitative estimate of drug-likeness (QED) is 0.389. The molecule has 0 saturated heterocycles. The van der Waals surface area contributed by atoms with E-state index < -0.39 is 0 Å². The molecule has 2 nitrogen and oxygen atoms in total. The van der Waals surface area contributed by atoms with Gasteiger partial charge < -0.3 is 5.73 Å². The molecule has 0 aromatic rings. The molecule has 0 bridgehead atoms. The standard InChI is InChI=1S/C10H18N2/c1-4-7-8-9(5-2)12-10(11)6-3/h5,7-8H,4,6H2,1-3H3,(H2,11,12)/b8-7-,9-5+. The van der Waals surface area contributed by atoms with Crippen LogP contribution in [0.4, 0.5) is 0 Å². The molecule has 0 aliphatic carbocycles. The summed E-state index contributed by atoms with van der Waals surface area (Å²) in [5, 5.41) is 0. The maximum atomic E-state index is 5.60. The molecule has 0 fully saturated rings. The van der Waals surface area contributed by atoms with Crippen molar-refractivity contribution in [3.63, 3.8) is 0 Å². The van der Waals surface area contributed by atoms with Gasteiger partial charge in [0.2, 0.25) is 0 Å². The Morgan fingerprint density at radius 2 is 2.08 bits per heavy atom. The fourth-order valence-corrected chi connectivity index (χ4v) is 0.682. The van der Waals surface area contributed by atoms with Gasteiger partial charge in [-0.1, -0.05) is 26.0 Å². The van der Waals surface area contributed by atoms with Crippen molar-refractivity contribution in [1.29, 1.82) is 0 Å². The van der Waals surface area contributed by atoms with Crippen molar-refractivity contribution in [2.75, 3.05) is 0 Å². The van der Waals surface area contributed by atoms with Crippen LogP contribution in [-0.2, 0) is 0 Å². The third-order valence-corrected chi connectivity index (χ3v) is 1.46. The molecule has 0 amide bonds. The summed E-state index contributed by atoms with van der Waals surface area (Å²) >= 11 is 0. The van der Waals surface area contributed by atoms with Gasteiger partial charge >= 0.3 is 0 Å². The van der Waals surface area contributed by atoms with Crippen molar-refractivity contribution in [2.45, 2.75) is 33.6 Å². The van der Waals surface area contributed by atoms with Crippen LogP contribution in [0.3, 0.4) is 0 Å². The first-order valence-corrected chi connectivity index (χ1v) is 4.40. The van der Waals surface area contributed by atoms with Gasteiger partial charge in [0.1, 0.15) is 0 Å². The lowest BCUT2D eigenvalue weighted by atomic mass is 10.3. The number of aliphatic imine (C=N–C) groups is 1. The zero-order chi connectivity index (χ0) is 9.40. The molecule has 0 saturated carbocycles. The number of hydrogen-bond donors (Lipinski definition) is 1. The van der Waals surface area contributed by atoms with Gasteiger partial charge in [0.05, 0.1) is 11.5 Å². The van der Waals surface area contributed by atoms with E-state index >= 15 is 0 Å². The van der Waals surface area contributed by atoms with Gasteiger partial charge in [0.25, 0.3) is 0 Å². The highest BCUT2D eigenvalue weighted by Gasteiger charge is 1.88. The highest BCUT2D eigenvalue weighted by atomic mass is 14.9. The van der Waals surface area contributed by atoms with Crippen LogP contribution in [0, 0.1) is 0 Å². The van der Waals surface area contributed by atoms with Crippen LogP contribution in [0.15, 0.2) is 28.9 Å². The fraction of sp³-hybridized carbons (Fsp3) is 0.500. The average Bonchev–Trinajstić information content (AvgIpc) is 2.11. The van der Waals surface area contributed by atoms with E-state index in [4.69, 9.17) is 5.73 Å². The van der Waals surface area contributed by atoms with Crippen LogP contribution in [0.2, 0.25) is 0 Å². The van der Waals surface area contributed by atoms with Crippen LogP contribution < -0.4 is 5.73 Å². The van der Waals surface area contributed by atoms with Gasteiger partial charge in [0.15, 0.2) is 0 Å². The Kier molecular flexibility index (Phi) is 6.07. The van der Waals surface area contributed by atoms with E-state index in [1.165, 1.54) is 0 Å². The lowest BCUT2D eigenvalue weighted by molar-refractivity contribution is 1.19. The number of amidine groups is 1. The van der Waals surface area contributed by atoms with E-state index in [0.717, 1.165) is 18.5 Å². The first-order valence-electron chi connectivity index (χ1n) is 4.40. The van der Waals surface area contributed by atoms with Crippen LogP contribution in [0.5, 0.6) is 0 Å². The smallest absolute Gasteiger partial charge is 0.0993 e. The van der Waals surface area contributed by atoms with Crippen LogP contribution in [0.25, 0.3) is 0 Å². The topological polar surface area (TPSA) is 38.4 Å². The summed E-state index contributed by atoms with van der Waals surface area (Å²) in [5.41, 5.74) is 6.54. The molecule has 0 unspecified atom stereocenters. The van der Waals surface area contributed by atoms with E-state index in [-0.39, 0.29) is 0 Å². The third-order valence-electron chi connectivity index (χ3n) is 1.46. The van der Waals surface area contributed by atoms with E-state index in [1.807, 2.05) is 26.0 Å². The second kappa shape index (κ2) is 6.65. The molecule has 0 aliphatic rings. The van der Waals surface area contributed by atoms with Gasteiger partial charge in [-0.05, 0) is 19.4 Å². The van der Waals surface area contributed by atoms with Gasteiger partial charge in [-0.15, -0.1) is 0 Å². The predicted octanol–water partition coefficient (Wildman–Crippen LogP) is 2.62. The summed E-state index contributed by atoms with van der Waals surface area (Å²) in [4.78, 5) is 4.22. The fourth-order valence-electron chi connectivity index (χ4n) is 0.682. The van der Waals surface area contributed by atoms with Crippen molar-refractivity contribution in [2.24, 2.45) is 10.7 Å². The molecule has 0 rings (SSSR count). The normalized spacial score (nSPS) is 14.2. The van der Waals surface area contributed by atoms with Crippen LogP contribution in [-0.4, -0.2) is 5.84 Å². The van der Waals surface area contributed by atoms with Gasteiger partial charge in [-0.2, -0.15) is 0 Å². The number of rotatable bonds is 4. The summed E-state index contributed by atoms with van der Waals surface area (Å²) in [7, 11) is 0. The highest BCUT2D eigenvalue weighted by Crippen LogP contribution is 2.00. The highest BCUT2D eigenvalue weighted by molar-refractivity contribution is 5.81. The molecule has 0 aromatic heterocycles. The Morgan fingerprint density at radius 1 is 1.42 bits per heavy atom. The minimum atomic E-state index is 0.684. The summed E-state index contributed by atoms with van der Waals surface area (Å²) in [6.45, 7) is 6.05. The van der Waals surface area contributed by atoms with Crippen LogP contribution >= 0.6 is 0 Å². The maximum absolute atomic E-state index is 5.60. The molecule has 0 aromatic carbocycles. The molecule has 0 radical (unpaired) electrons. The minimum absolute atomic E-state index is 0.684. The monoisotopic (exact) mass is 166 g/mol. The Balaban J connectivity index is 4.29. The van der Waals surface area contributed by atoms with Crippen molar-refractivity contribution < 1.29 is 0 Å². The van der Waals surface area contributed by atoms with E-state index in [9.17, 15) is 0 Å². The molecule has 2 N–H and O–H groups in total. The van der Waals surface area contributed by atoms with Crippen molar-refractivity contribution in [3.8, 4) is 0 Å². The number of allylic oxidation sites excluding steroid dienone is 3.